The third kappa shape index (κ3) is 3.00. The first-order valence-corrected chi connectivity index (χ1v) is 4.97. The first-order chi connectivity index (χ1) is 8.32. The number of nitrogens with one attached hydrogen (secondary N) is 1. The van der Waals surface area contributed by atoms with Crippen LogP contribution in [0.15, 0.2) is 12.3 Å². The van der Waals surface area contributed by atoms with E-state index in [1.165, 1.54) is 13.8 Å². The number of nitrogens with zero attached hydrogens (tertiary/aromatic N) is 2. The van der Waals surface area contributed by atoms with Crippen molar-refractivity contribution in [1.82, 2.24) is 10.3 Å². The molecule has 0 aliphatic heterocycles. The molecule has 1 aromatic heterocycles. The minimum absolute atomic E-state index is 0.0164. The Morgan fingerprint density at radius 1 is 1.56 bits per heavy atom. The van der Waals surface area contributed by atoms with E-state index in [9.17, 15) is 19.7 Å². The maximum Gasteiger partial charge on any atom is 0.325 e. The largest absolute Gasteiger partial charge is 0.480 e. The minimum atomic E-state index is -1.20. The Morgan fingerprint density at radius 3 is 2.67 bits per heavy atom. The summed E-state index contributed by atoms with van der Waals surface area (Å²) < 4.78 is 0. The van der Waals surface area contributed by atoms with E-state index in [1.807, 2.05) is 0 Å². The van der Waals surface area contributed by atoms with E-state index < -0.39 is 22.8 Å². The highest BCUT2D eigenvalue weighted by Gasteiger charge is 2.19. The van der Waals surface area contributed by atoms with Crippen LogP contribution in [-0.4, -0.2) is 32.9 Å². The highest BCUT2D eigenvalue weighted by Crippen LogP contribution is 2.14. The maximum atomic E-state index is 11.7. The lowest BCUT2D eigenvalue weighted by Gasteiger charge is -2.10. The highest BCUT2D eigenvalue weighted by atomic mass is 16.6. The maximum absolute atomic E-state index is 11.7. The summed E-state index contributed by atoms with van der Waals surface area (Å²) in [5.41, 5.74) is -0.0540. The monoisotopic (exact) mass is 253 g/mol. The standard InChI is InChI=1S/C10H11N3O5/c1-5-8(3-7(4-11-5)13(17)18)9(14)12-6(2)10(15)16/h3-4,6H,1-2H3,(H,12,14)(H,15,16)/t6-/m0/s1. The number of carboxylic acids is 1. The van der Waals surface area contributed by atoms with Crippen LogP contribution in [0.25, 0.3) is 0 Å². The van der Waals surface area contributed by atoms with Crippen molar-refractivity contribution in [3.05, 3.63) is 33.6 Å². The van der Waals surface area contributed by atoms with Crippen LogP contribution in [-0.2, 0) is 4.79 Å². The molecular formula is C10H11N3O5. The predicted octanol–water partition coefficient (Wildman–Crippen LogP) is 0.501. The number of rotatable bonds is 4. The quantitative estimate of drug-likeness (QED) is 0.595. The Bertz CT molecular complexity index is 514. The summed E-state index contributed by atoms with van der Waals surface area (Å²) in [6.45, 7) is 2.80. The van der Waals surface area contributed by atoms with Crippen LogP contribution in [0.4, 0.5) is 5.69 Å². The summed E-state index contributed by atoms with van der Waals surface area (Å²) >= 11 is 0. The minimum Gasteiger partial charge on any atom is -0.480 e. The van der Waals surface area contributed by atoms with Gasteiger partial charge in [-0.05, 0) is 13.8 Å². The lowest BCUT2D eigenvalue weighted by Crippen LogP contribution is -2.38. The van der Waals surface area contributed by atoms with Crippen LogP contribution in [0.1, 0.15) is 23.0 Å². The van der Waals surface area contributed by atoms with Gasteiger partial charge in [-0.1, -0.05) is 0 Å². The predicted molar refractivity (Wildman–Crippen MR) is 60.2 cm³/mol. The molecule has 0 spiro atoms. The summed E-state index contributed by atoms with van der Waals surface area (Å²) in [5, 5.41) is 21.4. The van der Waals surface area contributed by atoms with Crippen molar-refractivity contribution in [3.8, 4) is 0 Å². The van der Waals surface area contributed by atoms with Crippen molar-refractivity contribution in [3.63, 3.8) is 0 Å². The zero-order chi connectivity index (χ0) is 13.9. The molecule has 8 heteroatoms. The van der Waals surface area contributed by atoms with Crippen molar-refractivity contribution >= 4 is 17.6 Å². The van der Waals surface area contributed by atoms with Crippen molar-refractivity contribution in [2.24, 2.45) is 0 Å². The van der Waals surface area contributed by atoms with Gasteiger partial charge in [-0.25, -0.2) is 0 Å². The fourth-order valence-electron chi connectivity index (χ4n) is 1.19. The van der Waals surface area contributed by atoms with Gasteiger partial charge in [0.2, 0.25) is 0 Å². The topological polar surface area (TPSA) is 122 Å². The zero-order valence-electron chi connectivity index (χ0n) is 9.71. The zero-order valence-corrected chi connectivity index (χ0v) is 9.71. The molecule has 0 aliphatic rings. The van der Waals surface area contributed by atoms with E-state index in [1.54, 1.807) is 0 Å². The first-order valence-electron chi connectivity index (χ1n) is 4.97. The van der Waals surface area contributed by atoms with E-state index in [0.717, 1.165) is 12.3 Å². The van der Waals surface area contributed by atoms with E-state index in [0.29, 0.717) is 0 Å². The molecule has 8 nitrogen and oxygen atoms in total. The molecule has 0 aliphatic carbocycles. The molecule has 0 saturated heterocycles. The van der Waals surface area contributed by atoms with E-state index >= 15 is 0 Å². The van der Waals surface area contributed by atoms with Crippen LogP contribution >= 0.6 is 0 Å². The van der Waals surface area contributed by atoms with Crippen LogP contribution in [0, 0.1) is 17.0 Å². The number of carboxylic acid groups (broad SMARTS) is 1. The molecule has 0 bridgehead atoms. The SMILES string of the molecule is Cc1ncc([N+](=O)[O-])cc1C(=O)N[C@@H](C)C(=O)O. The number of pyridine rings is 1. The smallest absolute Gasteiger partial charge is 0.325 e. The van der Waals surface area contributed by atoms with Crippen molar-refractivity contribution in [2.75, 3.05) is 0 Å². The number of amides is 1. The summed E-state index contributed by atoms with van der Waals surface area (Å²) in [5.74, 6) is -1.90. The second kappa shape index (κ2) is 5.21. The molecule has 2 N–H and O–H groups in total. The van der Waals surface area contributed by atoms with Gasteiger partial charge in [0.25, 0.3) is 11.6 Å². The van der Waals surface area contributed by atoms with Crippen molar-refractivity contribution in [1.29, 1.82) is 0 Å². The molecule has 1 aromatic rings. The van der Waals surface area contributed by atoms with Gasteiger partial charge in [-0.3, -0.25) is 24.7 Å². The molecular weight excluding hydrogens is 242 g/mol. The molecule has 1 amide bonds. The Hall–Kier alpha value is -2.51. The second-order valence-corrected chi connectivity index (χ2v) is 3.62. The molecule has 1 rings (SSSR count). The number of aromatic nitrogens is 1. The molecule has 0 aromatic carbocycles. The molecule has 1 atom stereocenters. The van der Waals surface area contributed by atoms with Gasteiger partial charge in [0.05, 0.1) is 16.2 Å². The summed E-state index contributed by atoms with van der Waals surface area (Å²) in [6.07, 6.45) is 1.03. The molecule has 0 fully saturated rings. The molecule has 0 radical (unpaired) electrons. The molecule has 96 valence electrons. The molecule has 18 heavy (non-hydrogen) atoms. The lowest BCUT2D eigenvalue weighted by molar-refractivity contribution is -0.385. The lowest BCUT2D eigenvalue weighted by atomic mass is 10.1. The third-order valence-corrected chi connectivity index (χ3v) is 2.25. The summed E-state index contributed by atoms with van der Waals surface area (Å²) in [7, 11) is 0. The van der Waals surface area contributed by atoms with Crippen molar-refractivity contribution in [2.45, 2.75) is 19.9 Å². The number of nitro groups is 1. The fourth-order valence-corrected chi connectivity index (χ4v) is 1.19. The highest BCUT2D eigenvalue weighted by molar-refractivity contribution is 5.97. The average molecular weight is 253 g/mol. The van der Waals surface area contributed by atoms with Gasteiger partial charge < -0.3 is 10.4 Å². The second-order valence-electron chi connectivity index (χ2n) is 3.62. The Balaban J connectivity index is 3.01. The Labute approximate surface area is 102 Å². The number of carbonyl (C=O) groups is 2. The van der Waals surface area contributed by atoms with Gasteiger partial charge in [-0.15, -0.1) is 0 Å². The molecule has 0 saturated carbocycles. The molecule has 1 heterocycles. The van der Waals surface area contributed by atoms with Crippen LogP contribution in [0.5, 0.6) is 0 Å². The van der Waals surface area contributed by atoms with Crippen molar-refractivity contribution < 1.29 is 19.6 Å². The number of aliphatic carboxylic acids is 1. The van der Waals surface area contributed by atoms with E-state index in [4.69, 9.17) is 5.11 Å². The first kappa shape index (κ1) is 13.6. The normalized spacial score (nSPS) is 11.7. The third-order valence-electron chi connectivity index (χ3n) is 2.25. The van der Waals surface area contributed by atoms with E-state index in [2.05, 4.69) is 10.3 Å². The van der Waals surface area contributed by atoms with Crippen LogP contribution in [0.2, 0.25) is 0 Å². The summed E-state index contributed by atoms with van der Waals surface area (Å²) in [6, 6.07) is -0.0251. The number of carbonyl (C=O) groups excluding carboxylic acids is 1. The summed E-state index contributed by atoms with van der Waals surface area (Å²) in [4.78, 5) is 35.9. The van der Waals surface area contributed by atoms with Crippen LogP contribution in [0.3, 0.4) is 0 Å². The Kier molecular flexibility index (Phi) is 3.93. The Morgan fingerprint density at radius 2 is 2.17 bits per heavy atom. The van der Waals surface area contributed by atoms with Gasteiger partial charge in [-0.2, -0.15) is 0 Å². The molecule has 0 unspecified atom stereocenters. The van der Waals surface area contributed by atoms with Gasteiger partial charge in [0.15, 0.2) is 0 Å². The number of hydrogen-bond donors (Lipinski definition) is 2. The van der Waals surface area contributed by atoms with Gasteiger partial charge in [0.1, 0.15) is 12.2 Å². The van der Waals surface area contributed by atoms with Crippen LogP contribution < -0.4 is 5.32 Å². The number of hydrogen-bond acceptors (Lipinski definition) is 5. The number of aryl methyl sites for hydroxylation is 1. The average Bonchev–Trinajstić information content (AvgIpc) is 2.28. The van der Waals surface area contributed by atoms with Gasteiger partial charge in [0, 0.05) is 6.07 Å². The fraction of sp³-hybridized carbons (Fsp3) is 0.300. The van der Waals surface area contributed by atoms with Gasteiger partial charge >= 0.3 is 5.97 Å². The van der Waals surface area contributed by atoms with E-state index in [-0.39, 0.29) is 16.9 Å².